The number of rotatable bonds is 2. The van der Waals surface area contributed by atoms with Gasteiger partial charge in [0.05, 0.1) is 12.2 Å². The summed E-state index contributed by atoms with van der Waals surface area (Å²) < 4.78 is 39.5. The van der Waals surface area contributed by atoms with Crippen LogP contribution in [0.3, 0.4) is 0 Å². The molecule has 0 amide bonds. The summed E-state index contributed by atoms with van der Waals surface area (Å²) >= 11 is 0. The monoisotopic (exact) mass is 306 g/mol. The molecule has 2 aromatic rings. The second kappa shape index (κ2) is 5.13. The molecule has 0 fully saturated rings. The van der Waals surface area contributed by atoms with Gasteiger partial charge in [-0.15, -0.1) is 0 Å². The fourth-order valence-electron chi connectivity index (χ4n) is 1.89. The molecule has 1 aromatic carbocycles. The first-order valence-corrected chi connectivity index (χ1v) is 7.56. The number of sulfonamides is 1. The summed E-state index contributed by atoms with van der Waals surface area (Å²) in [5.74, 6) is -0.510. The molecule has 2 heterocycles. The summed E-state index contributed by atoms with van der Waals surface area (Å²) in [7, 11) is -3.81. The maximum Gasteiger partial charge on any atom is 0.266 e. The zero-order chi connectivity index (χ0) is 14.9. The van der Waals surface area contributed by atoms with Crippen molar-refractivity contribution in [2.45, 2.75) is 11.4 Å². The minimum absolute atomic E-state index is 0.103. The van der Waals surface area contributed by atoms with E-state index in [9.17, 15) is 12.8 Å². The molecule has 0 radical (unpaired) electrons. The molecule has 0 bridgehead atoms. The first kappa shape index (κ1) is 13.5. The zero-order valence-corrected chi connectivity index (χ0v) is 11.6. The van der Waals surface area contributed by atoms with Crippen LogP contribution in [0.15, 0.2) is 52.6 Å². The van der Waals surface area contributed by atoms with Crippen LogP contribution in [0.2, 0.25) is 0 Å². The Balaban J connectivity index is 1.90. The van der Waals surface area contributed by atoms with Gasteiger partial charge in [-0.3, -0.25) is 4.98 Å². The highest BCUT2D eigenvalue weighted by molar-refractivity contribution is 7.90. The number of fused-ring (bicyclic) bond motifs is 1. The Labute approximate surface area is 120 Å². The molecule has 0 unspecified atom stereocenters. The molecule has 0 aliphatic carbocycles. The molecule has 8 heteroatoms. The second-order valence-electron chi connectivity index (χ2n) is 4.39. The van der Waals surface area contributed by atoms with Gasteiger partial charge in [0.15, 0.2) is 0 Å². The largest absolute Gasteiger partial charge is 0.324 e. The molecule has 21 heavy (non-hydrogen) atoms. The van der Waals surface area contributed by atoms with E-state index in [0.29, 0.717) is 12.2 Å². The topological polar surface area (TPSA) is 83.5 Å². The lowest BCUT2D eigenvalue weighted by molar-refractivity contribution is 0.586. The number of aliphatic imine (C=N–C) groups is 1. The van der Waals surface area contributed by atoms with E-state index in [1.54, 1.807) is 24.5 Å². The van der Waals surface area contributed by atoms with Crippen molar-refractivity contribution in [3.8, 4) is 0 Å². The Morgan fingerprint density at radius 3 is 2.71 bits per heavy atom. The molecule has 2 N–H and O–H groups in total. The summed E-state index contributed by atoms with van der Waals surface area (Å²) in [4.78, 5) is 7.92. The summed E-state index contributed by atoms with van der Waals surface area (Å²) in [5.41, 5.74) is 1.19. The second-order valence-corrected chi connectivity index (χ2v) is 6.04. The van der Waals surface area contributed by atoms with E-state index in [1.165, 1.54) is 12.1 Å². The smallest absolute Gasteiger partial charge is 0.266 e. The number of nitrogens with one attached hydrogen (secondary N) is 2. The van der Waals surface area contributed by atoms with E-state index in [1.807, 2.05) is 0 Å². The number of benzene rings is 1. The van der Waals surface area contributed by atoms with E-state index >= 15 is 0 Å². The first-order valence-electron chi connectivity index (χ1n) is 6.07. The molecule has 6 nitrogen and oxygen atoms in total. The number of aromatic nitrogens is 1. The van der Waals surface area contributed by atoms with Gasteiger partial charge in [0.25, 0.3) is 10.0 Å². The number of nitrogens with zero attached hydrogens (tertiary/aromatic N) is 2. The van der Waals surface area contributed by atoms with Crippen LogP contribution in [-0.2, 0) is 16.6 Å². The molecule has 108 valence electrons. The lowest BCUT2D eigenvalue weighted by Crippen LogP contribution is -2.40. The molecule has 0 saturated carbocycles. The summed E-state index contributed by atoms with van der Waals surface area (Å²) in [6.07, 6.45) is 3.26. The lowest BCUT2D eigenvalue weighted by Gasteiger charge is -2.21. The van der Waals surface area contributed by atoms with Crippen LogP contribution in [0.25, 0.3) is 0 Å². The predicted molar refractivity (Wildman–Crippen MR) is 75.7 cm³/mol. The fraction of sp³-hybridized carbons (Fsp3) is 0.0769. The maximum atomic E-state index is 13.1. The Morgan fingerprint density at radius 1 is 1.19 bits per heavy atom. The van der Waals surface area contributed by atoms with Crippen LogP contribution in [0.5, 0.6) is 0 Å². The average molecular weight is 306 g/mol. The van der Waals surface area contributed by atoms with E-state index in [-0.39, 0.29) is 10.9 Å². The van der Waals surface area contributed by atoms with Crippen LogP contribution in [0.1, 0.15) is 5.56 Å². The van der Waals surface area contributed by atoms with Gasteiger partial charge >= 0.3 is 0 Å². The standard InChI is InChI=1S/C13H11FN4O2S/c14-10-1-2-11-12(7-10)21(19,20)18-13(17-11)16-8-9-3-5-15-6-4-9/h1-7H,8H2,(H2,16,17,18). The molecular formula is C13H11FN4O2S. The molecule has 0 spiro atoms. The van der Waals surface area contributed by atoms with Crippen LogP contribution in [0, 0.1) is 5.82 Å². The Kier molecular flexibility index (Phi) is 3.30. The van der Waals surface area contributed by atoms with Crippen LogP contribution < -0.4 is 10.0 Å². The summed E-state index contributed by atoms with van der Waals surface area (Å²) in [6.45, 7) is 0.296. The van der Waals surface area contributed by atoms with Crippen molar-refractivity contribution in [2.24, 2.45) is 4.99 Å². The molecule has 0 atom stereocenters. The van der Waals surface area contributed by atoms with Gasteiger partial charge < -0.3 is 5.32 Å². The third-order valence-corrected chi connectivity index (χ3v) is 4.27. The molecule has 1 aromatic heterocycles. The van der Waals surface area contributed by atoms with Crippen molar-refractivity contribution < 1.29 is 12.8 Å². The van der Waals surface area contributed by atoms with Crippen LogP contribution in [-0.4, -0.2) is 19.4 Å². The van der Waals surface area contributed by atoms with Crippen molar-refractivity contribution in [1.29, 1.82) is 0 Å². The summed E-state index contributed by atoms with van der Waals surface area (Å²) in [6, 6.07) is 7.08. The zero-order valence-electron chi connectivity index (χ0n) is 10.7. The number of anilines is 1. The summed E-state index contributed by atoms with van der Waals surface area (Å²) in [5, 5.41) is 2.83. The highest BCUT2D eigenvalue weighted by Crippen LogP contribution is 2.25. The number of halogens is 1. The van der Waals surface area contributed by atoms with E-state index < -0.39 is 15.8 Å². The van der Waals surface area contributed by atoms with Gasteiger partial charge in [0.1, 0.15) is 10.7 Å². The van der Waals surface area contributed by atoms with E-state index in [2.05, 4.69) is 20.0 Å². The van der Waals surface area contributed by atoms with Crippen LogP contribution >= 0.6 is 0 Å². The third-order valence-electron chi connectivity index (χ3n) is 2.89. The predicted octanol–water partition coefficient (Wildman–Crippen LogP) is 1.48. The first-order chi connectivity index (χ1) is 10.0. The Morgan fingerprint density at radius 2 is 1.95 bits per heavy atom. The lowest BCUT2D eigenvalue weighted by atomic mass is 10.3. The van der Waals surface area contributed by atoms with Crippen molar-refractivity contribution in [3.63, 3.8) is 0 Å². The minimum Gasteiger partial charge on any atom is -0.324 e. The molecule has 3 rings (SSSR count). The van der Waals surface area contributed by atoms with Crippen molar-refractivity contribution >= 4 is 21.7 Å². The average Bonchev–Trinajstić information content (AvgIpc) is 2.47. The minimum atomic E-state index is -3.81. The Bertz CT molecular complexity index is 806. The molecule has 0 saturated heterocycles. The van der Waals surface area contributed by atoms with Crippen LogP contribution in [0.4, 0.5) is 10.1 Å². The normalized spacial score (nSPS) is 17.7. The molecular weight excluding hydrogens is 295 g/mol. The fourth-order valence-corrected chi connectivity index (χ4v) is 3.04. The molecule has 1 aliphatic rings. The van der Waals surface area contributed by atoms with Gasteiger partial charge in [0.2, 0.25) is 5.96 Å². The Hall–Kier alpha value is -2.48. The van der Waals surface area contributed by atoms with Crippen molar-refractivity contribution in [2.75, 3.05) is 5.32 Å². The highest BCUT2D eigenvalue weighted by atomic mass is 32.2. The van der Waals surface area contributed by atoms with Gasteiger partial charge in [-0.25, -0.2) is 22.5 Å². The van der Waals surface area contributed by atoms with E-state index in [4.69, 9.17) is 0 Å². The highest BCUT2D eigenvalue weighted by Gasteiger charge is 2.26. The maximum absolute atomic E-state index is 13.1. The quantitative estimate of drug-likeness (QED) is 0.880. The van der Waals surface area contributed by atoms with Gasteiger partial charge in [-0.2, -0.15) is 0 Å². The SMILES string of the molecule is O=S1(=O)NC(=NCc2ccncc2)Nc2ccc(F)cc21. The van der Waals surface area contributed by atoms with Gasteiger partial charge in [-0.05, 0) is 35.9 Å². The van der Waals surface area contributed by atoms with Crippen molar-refractivity contribution in [3.05, 3.63) is 54.1 Å². The number of hydrogen-bond donors (Lipinski definition) is 2. The molecule has 1 aliphatic heterocycles. The van der Waals surface area contributed by atoms with Crippen molar-refractivity contribution in [1.82, 2.24) is 9.71 Å². The third kappa shape index (κ3) is 2.84. The van der Waals surface area contributed by atoms with Gasteiger partial charge in [-0.1, -0.05) is 0 Å². The van der Waals surface area contributed by atoms with E-state index in [0.717, 1.165) is 11.6 Å². The number of hydrogen-bond acceptors (Lipinski definition) is 4. The van der Waals surface area contributed by atoms with Gasteiger partial charge in [0, 0.05) is 12.4 Å². The number of pyridine rings is 1. The number of guanidine groups is 1.